The Labute approximate surface area is 153 Å². The smallest absolute Gasteiger partial charge is 0.309 e. The molecule has 1 aromatic carbocycles. The summed E-state index contributed by atoms with van der Waals surface area (Å²) in [7, 11) is -3.13. The first-order valence-corrected chi connectivity index (χ1v) is 11.0. The minimum atomic E-state index is -3.13. The fourth-order valence-electron chi connectivity index (χ4n) is 4.57. The van der Waals surface area contributed by atoms with Crippen molar-refractivity contribution in [2.45, 2.75) is 31.7 Å². The van der Waals surface area contributed by atoms with Crippen molar-refractivity contribution in [3.8, 4) is 0 Å². The van der Waals surface area contributed by atoms with Gasteiger partial charge in [0.1, 0.15) is 6.61 Å². The molecule has 1 aromatic rings. The number of hydrogen-bond donors (Lipinski definition) is 0. The summed E-state index contributed by atoms with van der Waals surface area (Å²) < 4.78 is 42.0. The van der Waals surface area contributed by atoms with E-state index in [4.69, 9.17) is 14.2 Å². The Kier molecular flexibility index (Phi) is 4.79. The molecule has 2 aliphatic heterocycles. The highest BCUT2D eigenvalue weighted by Gasteiger charge is 2.59. The molecule has 26 heavy (non-hydrogen) atoms. The maximum atomic E-state index is 12.6. The summed E-state index contributed by atoms with van der Waals surface area (Å²) in [5, 5.41) is 0. The molecule has 2 saturated heterocycles. The van der Waals surface area contributed by atoms with Crippen molar-refractivity contribution in [2.24, 2.45) is 17.8 Å². The van der Waals surface area contributed by atoms with Crippen LogP contribution in [0.3, 0.4) is 0 Å². The second kappa shape index (κ2) is 6.94. The van der Waals surface area contributed by atoms with E-state index >= 15 is 0 Å². The summed E-state index contributed by atoms with van der Waals surface area (Å²) in [6, 6.07) is 9.54. The fourth-order valence-corrected chi connectivity index (χ4v) is 6.67. The van der Waals surface area contributed by atoms with E-state index in [0.29, 0.717) is 26.1 Å². The zero-order valence-corrected chi connectivity index (χ0v) is 15.4. The molecule has 7 heteroatoms. The third-order valence-electron chi connectivity index (χ3n) is 5.69. The fraction of sp³-hybridized carbons (Fsp3) is 0.632. The van der Waals surface area contributed by atoms with Gasteiger partial charge in [0.2, 0.25) is 0 Å². The molecule has 2 unspecified atom stereocenters. The largest absolute Gasteiger partial charge is 0.461 e. The van der Waals surface area contributed by atoms with Crippen LogP contribution in [0.2, 0.25) is 0 Å². The molecular weight excluding hydrogens is 356 g/mol. The molecule has 0 amide bonds. The van der Waals surface area contributed by atoms with Crippen molar-refractivity contribution in [2.75, 3.05) is 24.7 Å². The van der Waals surface area contributed by atoms with E-state index in [2.05, 4.69) is 0 Å². The Morgan fingerprint density at radius 1 is 1.08 bits per heavy atom. The van der Waals surface area contributed by atoms with Gasteiger partial charge in [-0.05, 0) is 24.8 Å². The third kappa shape index (κ3) is 3.40. The summed E-state index contributed by atoms with van der Waals surface area (Å²) in [5.41, 5.74) is 0.940. The van der Waals surface area contributed by atoms with Crippen molar-refractivity contribution in [3.05, 3.63) is 35.9 Å². The number of esters is 1. The highest BCUT2D eigenvalue weighted by atomic mass is 32.2. The maximum Gasteiger partial charge on any atom is 0.309 e. The van der Waals surface area contributed by atoms with Gasteiger partial charge in [0, 0.05) is 11.8 Å². The van der Waals surface area contributed by atoms with E-state index < -0.39 is 15.6 Å². The first-order chi connectivity index (χ1) is 12.5. The maximum absolute atomic E-state index is 12.6. The zero-order chi connectivity index (χ0) is 18.2. The van der Waals surface area contributed by atoms with E-state index in [0.717, 1.165) is 12.0 Å². The van der Waals surface area contributed by atoms with Crippen molar-refractivity contribution < 1.29 is 27.4 Å². The Balaban J connectivity index is 1.47. The van der Waals surface area contributed by atoms with Crippen LogP contribution < -0.4 is 0 Å². The molecule has 2 heterocycles. The number of rotatable bonds is 3. The SMILES string of the molecule is O=C(OCc1ccccc1)C1CC2CS(=O)(=O)CC(C1)C21OCCCO1. The Morgan fingerprint density at radius 3 is 2.31 bits per heavy atom. The lowest BCUT2D eigenvalue weighted by molar-refractivity contribution is -0.329. The monoisotopic (exact) mass is 380 g/mol. The molecule has 4 rings (SSSR count). The van der Waals surface area contributed by atoms with Crippen LogP contribution in [0.5, 0.6) is 0 Å². The number of hydrogen-bond acceptors (Lipinski definition) is 6. The number of carbonyl (C=O) groups is 1. The summed E-state index contributed by atoms with van der Waals surface area (Å²) in [4.78, 5) is 12.6. The first kappa shape index (κ1) is 17.9. The molecule has 142 valence electrons. The molecule has 1 spiro atoms. The highest BCUT2D eigenvalue weighted by molar-refractivity contribution is 7.91. The lowest BCUT2D eigenvalue weighted by Crippen LogP contribution is -2.63. The predicted molar refractivity (Wildman–Crippen MR) is 93.8 cm³/mol. The van der Waals surface area contributed by atoms with Crippen LogP contribution in [0, 0.1) is 17.8 Å². The lowest BCUT2D eigenvalue weighted by Gasteiger charge is -2.54. The molecule has 3 aliphatic rings. The minimum Gasteiger partial charge on any atom is -0.461 e. The molecule has 1 saturated carbocycles. The standard InChI is InChI=1S/C19H24O6S/c20-18(23-11-14-5-2-1-3-6-14)15-9-16-12-26(21,22)13-17(10-15)19(16)24-7-4-8-25-19/h1-3,5-6,15-17H,4,7-13H2. The van der Waals surface area contributed by atoms with E-state index in [1.54, 1.807) is 0 Å². The Bertz CT molecular complexity index is 729. The molecule has 2 bridgehead atoms. The minimum absolute atomic E-state index is 0.0198. The van der Waals surface area contributed by atoms with Crippen molar-refractivity contribution in [1.29, 1.82) is 0 Å². The molecule has 0 N–H and O–H groups in total. The zero-order valence-electron chi connectivity index (χ0n) is 14.6. The lowest BCUT2D eigenvalue weighted by atomic mass is 9.71. The van der Waals surface area contributed by atoms with Gasteiger partial charge < -0.3 is 14.2 Å². The first-order valence-electron chi connectivity index (χ1n) is 9.17. The van der Waals surface area contributed by atoms with Crippen LogP contribution in [0.25, 0.3) is 0 Å². The predicted octanol–water partition coefficient (Wildman–Crippen LogP) is 1.93. The van der Waals surface area contributed by atoms with Gasteiger partial charge in [-0.1, -0.05) is 30.3 Å². The van der Waals surface area contributed by atoms with Crippen LogP contribution in [-0.2, 0) is 35.4 Å². The van der Waals surface area contributed by atoms with Crippen LogP contribution in [-0.4, -0.2) is 44.9 Å². The van der Waals surface area contributed by atoms with Gasteiger partial charge in [-0.2, -0.15) is 0 Å². The Morgan fingerprint density at radius 2 is 1.69 bits per heavy atom. The van der Waals surface area contributed by atoms with Gasteiger partial charge in [0.25, 0.3) is 0 Å². The number of sulfone groups is 1. The van der Waals surface area contributed by atoms with Crippen molar-refractivity contribution in [1.82, 2.24) is 0 Å². The summed E-state index contributed by atoms with van der Waals surface area (Å²) in [6.07, 6.45) is 1.68. The van der Waals surface area contributed by atoms with Crippen LogP contribution in [0.1, 0.15) is 24.8 Å². The van der Waals surface area contributed by atoms with Crippen LogP contribution in [0.4, 0.5) is 0 Å². The number of carbonyl (C=O) groups excluding carboxylic acids is 1. The molecule has 6 nitrogen and oxygen atoms in total. The summed E-state index contributed by atoms with van der Waals surface area (Å²) >= 11 is 0. The van der Waals surface area contributed by atoms with E-state index in [1.807, 2.05) is 30.3 Å². The van der Waals surface area contributed by atoms with Gasteiger partial charge >= 0.3 is 5.97 Å². The van der Waals surface area contributed by atoms with E-state index in [9.17, 15) is 13.2 Å². The number of ether oxygens (including phenoxy) is 3. The summed E-state index contributed by atoms with van der Waals surface area (Å²) in [6.45, 7) is 1.40. The molecule has 0 aromatic heterocycles. The van der Waals surface area contributed by atoms with E-state index in [-0.39, 0.29) is 41.8 Å². The van der Waals surface area contributed by atoms with Crippen molar-refractivity contribution >= 4 is 15.8 Å². The number of benzene rings is 1. The van der Waals surface area contributed by atoms with Crippen LogP contribution in [0.15, 0.2) is 30.3 Å². The topological polar surface area (TPSA) is 78.9 Å². The van der Waals surface area contributed by atoms with E-state index in [1.165, 1.54) is 0 Å². The second-order valence-electron chi connectivity index (χ2n) is 7.50. The molecule has 3 fully saturated rings. The highest BCUT2D eigenvalue weighted by Crippen LogP contribution is 2.50. The summed E-state index contributed by atoms with van der Waals surface area (Å²) in [5.74, 6) is -1.97. The normalized spacial score (nSPS) is 32.1. The third-order valence-corrected chi connectivity index (χ3v) is 7.51. The quantitative estimate of drug-likeness (QED) is 0.746. The van der Waals surface area contributed by atoms with Gasteiger partial charge in [0.05, 0.1) is 30.6 Å². The average Bonchev–Trinajstić information content (AvgIpc) is 2.63. The van der Waals surface area contributed by atoms with Gasteiger partial charge in [0.15, 0.2) is 15.6 Å². The van der Waals surface area contributed by atoms with Crippen LogP contribution >= 0.6 is 0 Å². The molecular formula is C19H24O6S. The van der Waals surface area contributed by atoms with Crippen molar-refractivity contribution in [3.63, 3.8) is 0 Å². The molecule has 2 atom stereocenters. The Hall–Kier alpha value is -1.44. The second-order valence-corrected chi connectivity index (χ2v) is 9.66. The van der Waals surface area contributed by atoms with Gasteiger partial charge in [-0.25, -0.2) is 8.42 Å². The molecule has 1 aliphatic carbocycles. The van der Waals surface area contributed by atoms with Gasteiger partial charge in [-0.3, -0.25) is 4.79 Å². The van der Waals surface area contributed by atoms with Gasteiger partial charge in [-0.15, -0.1) is 0 Å². The average molecular weight is 380 g/mol. The molecule has 0 radical (unpaired) electrons.